The van der Waals surface area contributed by atoms with Crippen LogP contribution in [0.25, 0.3) is 0 Å². The molecule has 2 aromatic carbocycles. The number of benzene rings is 2. The maximum absolute atomic E-state index is 2.47. The molecule has 0 heteroatoms. The lowest BCUT2D eigenvalue weighted by atomic mass is 9.78. The summed E-state index contributed by atoms with van der Waals surface area (Å²) in [7, 11) is 0. The van der Waals surface area contributed by atoms with Gasteiger partial charge in [-0.2, -0.15) is 0 Å². The van der Waals surface area contributed by atoms with Gasteiger partial charge >= 0.3 is 0 Å². The van der Waals surface area contributed by atoms with Crippen molar-refractivity contribution in [3.63, 3.8) is 0 Å². The van der Waals surface area contributed by atoms with Crippen molar-refractivity contribution in [2.75, 3.05) is 0 Å². The second kappa shape index (κ2) is 6.98. The fourth-order valence-electron chi connectivity index (χ4n) is 3.95. The number of aryl methyl sites for hydroxylation is 4. The van der Waals surface area contributed by atoms with E-state index in [4.69, 9.17) is 0 Å². The van der Waals surface area contributed by atoms with Crippen molar-refractivity contribution in [3.05, 3.63) is 69.8 Å². The van der Waals surface area contributed by atoms with Crippen LogP contribution in [0.3, 0.4) is 0 Å². The molecule has 0 atom stereocenters. The Morgan fingerprint density at radius 2 is 0.920 bits per heavy atom. The summed E-state index contributed by atoms with van der Waals surface area (Å²) in [6.45, 7) is 14.0. The van der Waals surface area contributed by atoms with E-state index in [1.165, 1.54) is 33.4 Å². The molecule has 0 heterocycles. The maximum Gasteiger partial charge on any atom is -0.0129 e. The Hall–Kier alpha value is -1.56. The highest BCUT2D eigenvalue weighted by molar-refractivity contribution is 5.41. The SMILES string of the molecule is C.CC(C)(C)c1cc2ccc1CCc1ccc(c(C(C)(C)C)c1)CC2. The minimum absolute atomic E-state index is 0. The Kier molecular flexibility index (Phi) is 5.52. The van der Waals surface area contributed by atoms with E-state index in [0.717, 1.165) is 25.7 Å². The average Bonchev–Trinajstić information content (AvgIpc) is 2.47. The summed E-state index contributed by atoms with van der Waals surface area (Å²) < 4.78 is 0. The zero-order chi connectivity index (χ0) is 17.5. The van der Waals surface area contributed by atoms with Crippen LogP contribution in [0.2, 0.25) is 0 Å². The van der Waals surface area contributed by atoms with Crippen molar-refractivity contribution < 1.29 is 0 Å². The molecule has 0 nitrogen and oxygen atoms in total. The van der Waals surface area contributed by atoms with Gasteiger partial charge < -0.3 is 0 Å². The molecule has 0 aromatic heterocycles. The second-order valence-electron chi connectivity index (χ2n) is 9.48. The number of hydrogen-bond acceptors (Lipinski definition) is 0. The van der Waals surface area contributed by atoms with E-state index in [1.807, 2.05) is 0 Å². The van der Waals surface area contributed by atoms with Crippen molar-refractivity contribution in [1.29, 1.82) is 0 Å². The summed E-state index contributed by atoms with van der Waals surface area (Å²) >= 11 is 0. The maximum atomic E-state index is 2.47. The topological polar surface area (TPSA) is 0 Å². The normalized spacial score (nSPS) is 14.6. The van der Waals surface area contributed by atoms with Gasteiger partial charge in [0.05, 0.1) is 0 Å². The van der Waals surface area contributed by atoms with Gasteiger partial charge in [0.2, 0.25) is 0 Å². The Morgan fingerprint density at radius 1 is 0.560 bits per heavy atom. The van der Waals surface area contributed by atoms with Gasteiger partial charge in [0.15, 0.2) is 0 Å². The van der Waals surface area contributed by atoms with E-state index in [2.05, 4.69) is 77.9 Å². The van der Waals surface area contributed by atoms with Crippen LogP contribution in [-0.2, 0) is 36.5 Å². The fraction of sp³-hybridized carbons (Fsp3) is 0.520. The Bertz CT molecular complexity index is 670. The van der Waals surface area contributed by atoms with Gasteiger partial charge in [0, 0.05) is 0 Å². The van der Waals surface area contributed by atoms with Gasteiger partial charge in [-0.3, -0.25) is 0 Å². The monoisotopic (exact) mass is 336 g/mol. The molecule has 4 bridgehead atoms. The van der Waals surface area contributed by atoms with Crippen molar-refractivity contribution in [2.24, 2.45) is 0 Å². The summed E-state index contributed by atoms with van der Waals surface area (Å²) in [5, 5.41) is 0. The molecule has 25 heavy (non-hydrogen) atoms. The van der Waals surface area contributed by atoms with Crippen LogP contribution < -0.4 is 0 Å². The number of hydrogen-bond donors (Lipinski definition) is 0. The summed E-state index contributed by atoms with van der Waals surface area (Å²) in [5.74, 6) is 0. The summed E-state index contributed by atoms with van der Waals surface area (Å²) in [6.07, 6.45) is 4.53. The zero-order valence-electron chi connectivity index (χ0n) is 16.3. The average molecular weight is 337 g/mol. The van der Waals surface area contributed by atoms with E-state index < -0.39 is 0 Å². The molecule has 0 spiro atoms. The Morgan fingerprint density at radius 3 is 1.24 bits per heavy atom. The van der Waals surface area contributed by atoms with Gasteiger partial charge in [0.1, 0.15) is 0 Å². The smallest absolute Gasteiger partial charge is 0.0129 e. The zero-order valence-corrected chi connectivity index (χ0v) is 16.3. The molecule has 0 unspecified atom stereocenters. The molecule has 2 aromatic rings. The van der Waals surface area contributed by atoms with E-state index in [9.17, 15) is 0 Å². The van der Waals surface area contributed by atoms with Crippen LogP contribution in [-0.4, -0.2) is 0 Å². The van der Waals surface area contributed by atoms with E-state index in [0.29, 0.717) is 0 Å². The Labute approximate surface area is 155 Å². The first-order chi connectivity index (χ1) is 11.1. The molecule has 0 saturated carbocycles. The van der Waals surface area contributed by atoms with E-state index >= 15 is 0 Å². The molecule has 0 saturated heterocycles. The van der Waals surface area contributed by atoms with Crippen molar-refractivity contribution >= 4 is 0 Å². The first-order valence-electron chi connectivity index (χ1n) is 9.39. The molecule has 0 aliphatic heterocycles. The fourth-order valence-corrected chi connectivity index (χ4v) is 3.95. The lowest BCUT2D eigenvalue weighted by Gasteiger charge is -2.27. The first-order valence-corrected chi connectivity index (χ1v) is 9.39. The third kappa shape index (κ3) is 4.35. The summed E-state index contributed by atoms with van der Waals surface area (Å²) in [4.78, 5) is 0. The second-order valence-corrected chi connectivity index (χ2v) is 9.48. The lowest BCUT2D eigenvalue weighted by molar-refractivity contribution is 0.576. The highest BCUT2D eigenvalue weighted by atomic mass is 14.3. The van der Waals surface area contributed by atoms with Crippen LogP contribution in [0.5, 0.6) is 0 Å². The molecular weight excluding hydrogens is 300 g/mol. The third-order valence-electron chi connectivity index (χ3n) is 5.33. The van der Waals surface area contributed by atoms with Crippen LogP contribution >= 0.6 is 0 Å². The standard InChI is InChI=1S/C24H32.CH4/c1-23(2,3)21-15-17-7-11-19(21)13-9-18-8-12-20(14-10-17)22(16-18)24(4,5)6;/h7-8,11-12,15-16H,9-10,13-14H2,1-6H3;1H4. The molecule has 4 aliphatic rings. The Balaban J connectivity index is 0.00000225. The molecule has 4 aliphatic carbocycles. The highest BCUT2D eigenvalue weighted by Gasteiger charge is 2.21. The van der Waals surface area contributed by atoms with Crippen LogP contribution in [0, 0.1) is 0 Å². The van der Waals surface area contributed by atoms with Crippen LogP contribution in [0.15, 0.2) is 36.4 Å². The van der Waals surface area contributed by atoms with Gasteiger partial charge in [-0.15, -0.1) is 0 Å². The molecule has 6 rings (SSSR count). The van der Waals surface area contributed by atoms with Crippen molar-refractivity contribution in [3.8, 4) is 0 Å². The predicted octanol–water partition coefficient (Wildman–Crippen LogP) is 6.80. The molecule has 136 valence electrons. The van der Waals surface area contributed by atoms with E-state index in [1.54, 1.807) is 0 Å². The minimum atomic E-state index is 0. The quantitative estimate of drug-likeness (QED) is 0.496. The molecule has 0 N–H and O–H groups in total. The first kappa shape index (κ1) is 19.8. The van der Waals surface area contributed by atoms with Crippen LogP contribution in [0.1, 0.15) is 82.3 Å². The highest BCUT2D eigenvalue weighted by Crippen LogP contribution is 2.32. The largest absolute Gasteiger partial charge is 0.0776 e. The lowest BCUT2D eigenvalue weighted by Crippen LogP contribution is -2.18. The number of rotatable bonds is 0. The van der Waals surface area contributed by atoms with Crippen molar-refractivity contribution in [2.45, 2.75) is 85.5 Å². The van der Waals surface area contributed by atoms with Crippen molar-refractivity contribution in [1.82, 2.24) is 0 Å². The molecular formula is C25H36. The predicted molar refractivity (Wildman–Crippen MR) is 112 cm³/mol. The van der Waals surface area contributed by atoms with Gasteiger partial charge in [0.25, 0.3) is 0 Å². The molecule has 0 fully saturated rings. The van der Waals surface area contributed by atoms with Gasteiger partial charge in [-0.05, 0) is 69.9 Å². The molecule has 0 radical (unpaired) electrons. The molecule has 0 amide bonds. The van der Waals surface area contributed by atoms with E-state index in [-0.39, 0.29) is 18.3 Å². The van der Waals surface area contributed by atoms with Gasteiger partial charge in [-0.25, -0.2) is 0 Å². The summed E-state index contributed by atoms with van der Waals surface area (Å²) in [5.41, 5.74) is 9.50. The summed E-state index contributed by atoms with van der Waals surface area (Å²) in [6, 6.07) is 14.4. The van der Waals surface area contributed by atoms with Gasteiger partial charge in [-0.1, -0.05) is 85.4 Å². The minimum Gasteiger partial charge on any atom is -0.0776 e. The third-order valence-corrected chi connectivity index (χ3v) is 5.33. The van der Waals surface area contributed by atoms with Crippen LogP contribution in [0.4, 0.5) is 0 Å².